The van der Waals surface area contributed by atoms with Gasteiger partial charge in [0.05, 0.1) is 18.4 Å². The predicted molar refractivity (Wildman–Crippen MR) is 61.5 cm³/mol. The highest BCUT2D eigenvalue weighted by Gasteiger charge is 2.08. The first kappa shape index (κ1) is 12.5. The summed E-state index contributed by atoms with van der Waals surface area (Å²) < 4.78 is 1.28. The molecule has 0 spiro atoms. The van der Waals surface area contributed by atoms with Gasteiger partial charge in [0, 0.05) is 6.54 Å². The molecule has 3 N–H and O–H groups in total. The molecule has 0 saturated carbocycles. The zero-order valence-electron chi connectivity index (χ0n) is 8.86. The molecule has 1 heterocycles. The summed E-state index contributed by atoms with van der Waals surface area (Å²) >= 11 is 5.83. The molecular formula is C9H13ClN4O2. The summed E-state index contributed by atoms with van der Waals surface area (Å²) in [6, 6.07) is 0. The largest absolute Gasteiger partial charge is 0.373 e. The smallest absolute Gasteiger partial charge is 0.287 e. The van der Waals surface area contributed by atoms with Gasteiger partial charge in [-0.3, -0.25) is 9.59 Å². The van der Waals surface area contributed by atoms with Gasteiger partial charge in [0.15, 0.2) is 0 Å². The maximum absolute atomic E-state index is 11.6. The van der Waals surface area contributed by atoms with Gasteiger partial charge in [0.1, 0.15) is 5.02 Å². The van der Waals surface area contributed by atoms with Gasteiger partial charge in [0.2, 0.25) is 5.91 Å². The van der Waals surface area contributed by atoms with Crippen LogP contribution in [0.2, 0.25) is 5.02 Å². The van der Waals surface area contributed by atoms with Crippen LogP contribution in [0, 0.1) is 0 Å². The molecule has 0 fully saturated rings. The number of aryl methyl sites for hydroxylation is 1. The van der Waals surface area contributed by atoms with Gasteiger partial charge in [-0.2, -0.15) is 5.10 Å². The van der Waals surface area contributed by atoms with Crippen molar-refractivity contribution in [3.05, 3.63) is 21.6 Å². The van der Waals surface area contributed by atoms with Gasteiger partial charge in [-0.25, -0.2) is 4.68 Å². The summed E-state index contributed by atoms with van der Waals surface area (Å²) in [5.41, 5.74) is 4.90. The van der Waals surface area contributed by atoms with E-state index in [1.54, 1.807) is 0 Å². The van der Waals surface area contributed by atoms with Crippen LogP contribution >= 0.6 is 11.6 Å². The first-order chi connectivity index (χ1) is 7.56. The lowest BCUT2D eigenvalue weighted by Gasteiger charge is -2.08. The number of anilines is 1. The zero-order chi connectivity index (χ0) is 12.1. The highest BCUT2D eigenvalue weighted by Crippen LogP contribution is 2.14. The summed E-state index contributed by atoms with van der Waals surface area (Å²) in [5.74, 6) is -0.534. The molecule has 7 heteroatoms. The second kappa shape index (κ2) is 5.50. The van der Waals surface area contributed by atoms with E-state index in [0.717, 1.165) is 6.42 Å². The molecular weight excluding hydrogens is 232 g/mol. The van der Waals surface area contributed by atoms with Crippen LogP contribution in [-0.2, 0) is 11.3 Å². The maximum Gasteiger partial charge on any atom is 0.287 e. The van der Waals surface area contributed by atoms with Crippen LogP contribution in [0.5, 0.6) is 0 Å². The first-order valence-corrected chi connectivity index (χ1v) is 5.21. The summed E-state index contributed by atoms with van der Waals surface area (Å²) in [6.45, 7) is 2.36. The van der Waals surface area contributed by atoms with Crippen LogP contribution in [0.4, 0.5) is 5.69 Å². The third-order valence-electron chi connectivity index (χ3n) is 1.87. The van der Waals surface area contributed by atoms with Gasteiger partial charge in [-0.1, -0.05) is 18.5 Å². The Labute approximate surface area is 97.4 Å². The van der Waals surface area contributed by atoms with E-state index in [4.69, 9.17) is 17.3 Å². The number of hydrogen-bond acceptors (Lipinski definition) is 4. The van der Waals surface area contributed by atoms with E-state index < -0.39 is 5.91 Å². The van der Waals surface area contributed by atoms with Crippen LogP contribution < -0.4 is 16.6 Å². The topological polar surface area (TPSA) is 90.0 Å². The number of carbonyl (C=O) groups excluding carboxylic acids is 1. The molecule has 0 unspecified atom stereocenters. The van der Waals surface area contributed by atoms with Crippen molar-refractivity contribution in [2.45, 2.75) is 19.9 Å². The highest BCUT2D eigenvalue weighted by molar-refractivity contribution is 6.33. The molecule has 0 aliphatic carbocycles. The average molecular weight is 245 g/mol. The lowest BCUT2D eigenvalue weighted by Crippen LogP contribution is -2.26. The van der Waals surface area contributed by atoms with E-state index in [2.05, 4.69) is 10.4 Å². The number of rotatable bonds is 5. The number of nitrogens with zero attached hydrogens (tertiary/aromatic N) is 2. The van der Waals surface area contributed by atoms with Crippen LogP contribution in [0.25, 0.3) is 0 Å². The second-order valence-corrected chi connectivity index (χ2v) is 3.60. The van der Waals surface area contributed by atoms with Crippen molar-refractivity contribution in [2.75, 3.05) is 11.9 Å². The van der Waals surface area contributed by atoms with E-state index >= 15 is 0 Å². The Morgan fingerprint density at radius 3 is 2.94 bits per heavy atom. The van der Waals surface area contributed by atoms with Crippen molar-refractivity contribution in [3.8, 4) is 0 Å². The molecule has 0 radical (unpaired) electrons. The lowest BCUT2D eigenvalue weighted by atomic mass is 10.4. The predicted octanol–water partition coefficient (Wildman–Crippen LogP) is 0.204. The second-order valence-electron chi connectivity index (χ2n) is 3.22. The van der Waals surface area contributed by atoms with E-state index in [0.29, 0.717) is 12.2 Å². The minimum atomic E-state index is -0.534. The van der Waals surface area contributed by atoms with E-state index in [-0.39, 0.29) is 17.1 Å². The summed E-state index contributed by atoms with van der Waals surface area (Å²) in [5, 5.41) is 6.57. The molecule has 0 aliphatic rings. The number of primary amides is 1. The molecule has 1 aromatic heterocycles. The fourth-order valence-corrected chi connectivity index (χ4v) is 1.35. The molecule has 6 nitrogen and oxygen atoms in total. The Bertz CT molecular complexity index is 444. The quantitative estimate of drug-likeness (QED) is 0.775. The van der Waals surface area contributed by atoms with Crippen LogP contribution in [0.15, 0.2) is 11.0 Å². The lowest BCUT2D eigenvalue weighted by molar-refractivity contribution is -0.116. The molecule has 0 aromatic carbocycles. The Balaban J connectivity index is 2.93. The van der Waals surface area contributed by atoms with Crippen molar-refractivity contribution in [1.29, 1.82) is 0 Å². The number of halogens is 1. The number of aromatic nitrogens is 2. The summed E-state index contributed by atoms with van der Waals surface area (Å²) in [4.78, 5) is 22.2. The molecule has 1 amide bonds. The van der Waals surface area contributed by atoms with Gasteiger partial charge in [0.25, 0.3) is 5.56 Å². The Kier molecular flexibility index (Phi) is 4.30. The zero-order valence-corrected chi connectivity index (χ0v) is 9.62. The minimum absolute atomic E-state index is 0.0182. The fraction of sp³-hybridized carbons (Fsp3) is 0.444. The monoisotopic (exact) mass is 244 g/mol. The van der Waals surface area contributed by atoms with Crippen molar-refractivity contribution >= 4 is 23.2 Å². The van der Waals surface area contributed by atoms with Crippen molar-refractivity contribution in [2.24, 2.45) is 5.73 Å². The van der Waals surface area contributed by atoms with Crippen molar-refractivity contribution in [1.82, 2.24) is 9.78 Å². The fourth-order valence-electron chi connectivity index (χ4n) is 1.14. The molecule has 0 saturated heterocycles. The van der Waals surface area contributed by atoms with Crippen molar-refractivity contribution in [3.63, 3.8) is 0 Å². The first-order valence-electron chi connectivity index (χ1n) is 4.84. The Hall–Kier alpha value is -1.56. The Morgan fingerprint density at radius 1 is 1.69 bits per heavy atom. The average Bonchev–Trinajstić information content (AvgIpc) is 2.24. The van der Waals surface area contributed by atoms with Crippen LogP contribution in [0.3, 0.4) is 0 Å². The molecule has 88 valence electrons. The molecule has 0 atom stereocenters. The standard InChI is InChI=1S/C9H13ClN4O2/c1-2-3-14-9(16)8(10)6(4-13-14)12-5-7(11)15/h4,12H,2-3,5H2,1H3,(H2,11,15). The molecule has 1 aromatic rings. The van der Waals surface area contributed by atoms with E-state index in [1.165, 1.54) is 10.9 Å². The van der Waals surface area contributed by atoms with Gasteiger partial charge >= 0.3 is 0 Å². The molecule has 0 aliphatic heterocycles. The third kappa shape index (κ3) is 2.96. The van der Waals surface area contributed by atoms with Gasteiger partial charge in [-0.05, 0) is 6.42 Å². The normalized spacial score (nSPS) is 10.1. The number of nitrogens with one attached hydrogen (secondary N) is 1. The summed E-state index contributed by atoms with van der Waals surface area (Å²) in [7, 11) is 0. The van der Waals surface area contributed by atoms with Gasteiger partial charge < -0.3 is 11.1 Å². The molecule has 0 bridgehead atoms. The number of amides is 1. The minimum Gasteiger partial charge on any atom is -0.373 e. The molecule has 1 rings (SSSR count). The van der Waals surface area contributed by atoms with Crippen LogP contribution in [-0.4, -0.2) is 22.2 Å². The molecule has 16 heavy (non-hydrogen) atoms. The SMILES string of the molecule is CCCn1ncc(NCC(N)=O)c(Cl)c1=O. The summed E-state index contributed by atoms with van der Waals surface area (Å²) in [6.07, 6.45) is 2.19. The van der Waals surface area contributed by atoms with Crippen LogP contribution in [0.1, 0.15) is 13.3 Å². The highest BCUT2D eigenvalue weighted by atomic mass is 35.5. The van der Waals surface area contributed by atoms with Crippen molar-refractivity contribution < 1.29 is 4.79 Å². The third-order valence-corrected chi connectivity index (χ3v) is 2.24. The van der Waals surface area contributed by atoms with E-state index in [9.17, 15) is 9.59 Å². The number of carbonyl (C=O) groups is 1. The number of nitrogens with two attached hydrogens (primary N) is 1. The van der Waals surface area contributed by atoms with Gasteiger partial charge in [-0.15, -0.1) is 0 Å². The Morgan fingerprint density at radius 2 is 2.38 bits per heavy atom. The van der Waals surface area contributed by atoms with E-state index in [1.807, 2.05) is 6.92 Å². The number of hydrogen-bond donors (Lipinski definition) is 2. The maximum atomic E-state index is 11.6.